The van der Waals surface area contributed by atoms with Crippen LogP contribution in [0.15, 0.2) is 24.3 Å². The maximum Gasteiger partial charge on any atom is 0.217 e. The van der Waals surface area contributed by atoms with Crippen LogP contribution in [0, 0.1) is 0 Å². The van der Waals surface area contributed by atoms with E-state index in [1.165, 1.54) is 5.56 Å². The molecular formula is C16H23NO3S. The van der Waals surface area contributed by atoms with Crippen molar-refractivity contribution in [3.05, 3.63) is 35.4 Å². The van der Waals surface area contributed by atoms with Crippen molar-refractivity contribution < 1.29 is 13.2 Å². The molecule has 0 bridgehead atoms. The van der Waals surface area contributed by atoms with Gasteiger partial charge in [-0.1, -0.05) is 24.3 Å². The summed E-state index contributed by atoms with van der Waals surface area (Å²) in [6.45, 7) is 0. The Balaban J connectivity index is 1.80. The van der Waals surface area contributed by atoms with Gasteiger partial charge in [0.1, 0.15) is 5.25 Å². The number of ether oxygens (including phenoxy) is 1. The molecule has 0 amide bonds. The van der Waals surface area contributed by atoms with E-state index >= 15 is 0 Å². The third kappa shape index (κ3) is 3.00. The number of fused-ring (bicyclic) bond motifs is 1. The molecular weight excluding hydrogens is 286 g/mol. The summed E-state index contributed by atoms with van der Waals surface area (Å²) in [7, 11) is -1.73. The Labute approximate surface area is 126 Å². The van der Waals surface area contributed by atoms with E-state index in [0.717, 1.165) is 37.7 Å². The van der Waals surface area contributed by atoms with E-state index in [1.54, 1.807) is 7.11 Å². The van der Waals surface area contributed by atoms with E-state index in [2.05, 4.69) is 10.8 Å². The van der Waals surface area contributed by atoms with E-state index in [9.17, 15) is 8.42 Å². The van der Waals surface area contributed by atoms with E-state index < -0.39 is 15.3 Å². The van der Waals surface area contributed by atoms with E-state index in [0.29, 0.717) is 6.42 Å². The molecule has 1 aromatic carbocycles. The molecule has 3 atom stereocenters. The smallest absolute Gasteiger partial charge is 0.217 e. The summed E-state index contributed by atoms with van der Waals surface area (Å²) in [5.41, 5.74) is 2.41. The van der Waals surface area contributed by atoms with Crippen molar-refractivity contribution in [3.63, 3.8) is 0 Å². The summed E-state index contributed by atoms with van der Waals surface area (Å²) >= 11 is 0. The normalized spacial score (nSPS) is 29.3. The monoisotopic (exact) mass is 309 g/mol. The zero-order chi connectivity index (χ0) is 14.9. The fourth-order valence-corrected chi connectivity index (χ4v) is 5.62. The Hall–Kier alpha value is -0.910. The molecule has 0 spiro atoms. The lowest BCUT2D eigenvalue weighted by atomic mass is 9.88. The van der Waals surface area contributed by atoms with Crippen LogP contribution in [0.4, 0.5) is 0 Å². The highest BCUT2D eigenvalue weighted by Crippen LogP contribution is 2.33. The molecule has 21 heavy (non-hydrogen) atoms. The fraction of sp³-hybridized carbons (Fsp3) is 0.625. The Kier molecular flexibility index (Phi) is 4.33. The quantitative estimate of drug-likeness (QED) is 0.930. The van der Waals surface area contributed by atoms with Crippen molar-refractivity contribution in [2.45, 2.75) is 55.9 Å². The minimum absolute atomic E-state index is 0.0851. The molecule has 0 saturated heterocycles. The molecule has 2 aliphatic carbocycles. The van der Waals surface area contributed by atoms with Crippen molar-refractivity contribution >= 4 is 10.0 Å². The topological polar surface area (TPSA) is 55.4 Å². The molecule has 3 rings (SSSR count). The average Bonchev–Trinajstić information content (AvgIpc) is 2.97. The molecule has 1 aromatic rings. The van der Waals surface area contributed by atoms with Gasteiger partial charge in [-0.25, -0.2) is 13.1 Å². The zero-order valence-electron chi connectivity index (χ0n) is 12.4. The number of hydrogen-bond donors (Lipinski definition) is 1. The number of methoxy groups -OCH3 is 1. The SMILES string of the molecule is COC1CCCC1S(=O)(=O)NC1CCCc2ccccc21. The Morgan fingerprint density at radius 3 is 2.76 bits per heavy atom. The van der Waals surface area contributed by atoms with Crippen LogP contribution in [0.25, 0.3) is 0 Å². The van der Waals surface area contributed by atoms with E-state index in [1.807, 2.05) is 18.2 Å². The second kappa shape index (κ2) is 6.07. The predicted octanol–water partition coefficient (Wildman–Crippen LogP) is 2.55. The largest absolute Gasteiger partial charge is 0.380 e. The summed E-state index contributed by atoms with van der Waals surface area (Å²) in [4.78, 5) is 0. The molecule has 0 heterocycles. The van der Waals surface area contributed by atoms with Crippen LogP contribution in [-0.2, 0) is 21.2 Å². The summed E-state index contributed by atoms with van der Waals surface area (Å²) in [6, 6.07) is 8.07. The molecule has 0 aromatic heterocycles. The van der Waals surface area contributed by atoms with Gasteiger partial charge in [0.25, 0.3) is 0 Å². The van der Waals surface area contributed by atoms with Crippen molar-refractivity contribution in [1.82, 2.24) is 4.72 Å². The molecule has 4 nitrogen and oxygen atoms in total. The second-order valence-corrected chi connectivity index (χ2v) is 7.98. The molecule has 5 heteroatoms. The number of benzene rings is 1. The van der Waals surface area contributed by atoms with Gasteiger partial charge in [-0.15, -0.1) is 0 Å². The Bertz CT molecular complexity index is 599. The first-order valence-corrected chi connectivity index (χ1v) is 9.28. The van der Waals surface area contributed by atoms with Crippen LogP contribution in [-0.4, -0.2) is 26.9 Å². The molecule has 3 unspecified atom stereocenters. The van der Waals surface area contributed by atoms with Crippen molar-refractivity contribution in [2.75, 3.05) is 7.11 Å². The second-order valence-electron chi connectivity index (χ2n) is 6.05. The first kappa shape index (κ1) is 15.0. The molecule has 2 aliphatic rings. The average molecular weight is 309 g/mol. The molecule has 0 radical (unpaired) electrons. The molecule has 0 aliphatic heterocycles. The summed E-state index contributed by atoms with van der Waals surface area (Å²) in [6.07, 6.45) is 5.24. The predicted molar refractivity (Wildman–Crippen MR) is 82.6 cm³/mol. The van der Waals surface area contributed by atoms with Crippen LogP contribution >= 0.6 is 0 Å². The van der Waals surface area contributed by atoms with Gasteiger partial charge in [-0.2, -0.15) is 0 Å². The van der Waals surface area contributed by atoms with Crippen LogP contribution in [0.5, 0.6) is 0 Å². The Morgan fingerprint density at radius 1 is 1.14 bits per heavy atom. The van der Waals surface area contributed by atoms with Crippen LogP contribution in [0.3, 0.4) is 0 Å². The fourth-order valence-electron chi connectivity index (χ4n) is 3.68. The van der Waals surface area contributed by atoms with Crippen LogP contribution in [0.1, 0.15) is 49.3 Å². The molecule has 116 valence electrons. The summed E-state index contributed by atoms with van der Waals surface area (Å²) in [5, 5.41) is -0.406. The minimum atomic E-state index is -3.34. The van der Waals surface area contributed by atoms with Crippen molar-refractivity contribution in [2.24, 2.45) is 0 Å². The highest BCUT2D eigenvalue weighted by Gasteiger charge is 2.39. The van der Waals surface area contributed by atoms with Crippen molar-refractivity contribution in [3.8, 4) is 0 Å². The maximum absolute atomic E-state index is 12.7. The summed E-state index contributed by atoms with van der Waals surface area (Å²) in [5.74, 6) is 0. The molecule has 1 saturated carbocycles. The van der Waals surface area contributed by atoms with Crippen LogP contribution in [0.2, 0.25) is 0 Å². The lowest BCUT2D eigenvalue weighted by Crippen LogP contribution is -2.42. The van der Waals surface area contributed by atoms with E-state index in [4.69, 9.17) is 4.74 Å². The molecule has 1 fully saturated rings. The first-order chi connectivity index (χ1) is 10.1. The van der Waals surface area contributed by atoms with Gasteiger partial charge in [0.15, 0.2) is 0 Å². The highest BCUT2D eigenvalue weighted by atomic mass is 32.2. The van der Waals surface area contributed by atoms with Gasteiger partial charge >= 0.3 is 0 Å². The zero-order valence-corrected chi connectivity index (χ0v) is 13.2. The standard InChI is InChI=1S/C16H23NO3S/c1-20-15-10-5-11-16(15)21(18,19)17-14-9-4-7-12-6-2-3-8-13(12)14/h2-3,6,8,14-17H,4-5,7,9-11H2,1H3. The third-order valence-electron chi connectivity index (χ3n) is 4.77. The first-order valence-electron chi connectivity index (χ1n) is 7.73. The number of sulfonamides is 1. The Morgan fingerprint density at radius 2 is 1.95 bits per heavy atom. The number of nitrogens with one attached hydrogen (secondary N) is 1. The number of hydrogen-bond acceptors (Lipinski definition) is 3. The van der Waals surface area contributed by atoms with Gasteiger partial charge in [-0.05, 0) is 49.7 Å². The van der Waals surface area contributed by atoms with Gasteiger partial charge in [0, 0.05) is 13.2 Å². The number of aryl methyl sites for hydroxylation is 1. The number of rotatable bonds is 4. The lowest BCUT2D eigenvalue weighted by Gasteiger charge is -2.28. The van der Waals surface area contributed by atoms with E-state index in [-0.39, 0.29) is 12.1 Å². The van der Waals surface area contributed by atoms with Gasteiger partial charge in [0.05, 0.1) is 6.10 Å². The lowest BCUT2D eigenvalue weighted by molar-refractivity contribution is 0.110. The van der Waals surface area contributed by atoms with Crippen LogP contribution < -0.4 is 4.72 Å². The van der Waals surface area contributed by atoms with Crippen molar-refractivity contribution in [1.29, 1.82) is 0 Å². The minimum Gasteiger partial charge on any atom is -0.380 e. The highest BCUT2D eigenvalue weighted by molar-refractivity contribution is 7.90. The van der Waals surface area contributed by atoms with Gasteiger partial charge < -0.3 is 4.74 Å². The van der Waals surface area contributed by atoms with Gasteiger partial charge in [-0.3, -0.25) is 0 Å². The summed E-state index contributed by atoms with van der Waals surface area (Å²) < 4.78 is 33.7. The molecule has 1 N–H and O–H groups in total. The third-order valence-corrected chi connectivity index (χ3v) is 6.72. The maximum atomic E-state index is 12.7. The van der Waals surface area contributed by atoms with Gasteiger partial charge in [0.2, 0.25) is 10.0 Å².